The van der Waals surface area contributed by atoms with E-state index in [2.05, 4.69) is 6.92 Å². The number of carboxylic acid groups (broad SMARTS) is 1. The largest absolute Gasteiger partial charge is 0.481 e. The molecule has 0 aromatic heterocycles. The van der Waals surface area contributed by atoms with E-state index >= 15 is 0 Å². The molecule has 1 aliphatic heterocycles. The molecule has 1 N–H and O–H groups in total. The first-order chi connectivity index (χ1) is 5.70. The van der Waals surface area contributed by atoms with Crippen LogP contribution in [0.25, 0.3) is 0 Å². The van der Waals surface area contributed by atoms with Gasteiger partial charge in [0.1, 0.15) is 0 Å². The number of hydrogen-bond donors (Lipinski definition) is 1. The van der Waals surface area contributed by atoms with Crippen LogP contribution < -0.4 is 0 Å². The van der Waals surface area contributed by atoms with Gasteiger partial charge in [0.05, 0.1) is 18.1 Å². The van der Waals surface area contributed by atoms with Crippen LogP contribution in [-0.2, 0) is 9.53 Å². The minimum Gasteiger partial charge on any atom is -0.481 e. The van der Waals surface area contributed by atoms with Gasteiger partial charge in [0.25, 0.3) is 0 Å². The van der Waals surface area contributed by atoms with E-state index in [0.29, 0.717) is 30.0 Å². The first-order valence-electron chi connectivity index (χ1n) is 4.58. The number of hydrogen-bond acceptors (Lipinski definition) is 2. The Kier molecular flexibility index (Phi) is 1.06. The average molecular weight is 168 g/mol. The summed E-state index contributed by atoms with van der Waals surface area (Å²) in [7, 11) is 0. The number of aliphatic carboxylic acids is 1. The average Bonchev–Trinajstić information content (AvgIpc) is 2.63. The van der Waals surface area contributed by atoms with Crippen LogP contribution >= 0.6 is 0 Å². The standard InChI is InChI=1S/C9H12O3/c1-3-4-2-5(6(3)9(10)11)8-7(4)12-8/h3-8H,2H2,1H3,(H,10,11). The predicted octanol–water partition coefficient (Wildman–Crippen LogP) is 0.740. The molecule has 0 aromatic rings. The molecule has 1 saturated heterocycles. The summed E-state index contributed by atoms with van der Waals surface area (Å²) in [4.78, 5) is 10.9. The second-order valence-electron chi connectivity index (χ2n) is 4.35. The maximum absolute atomic E-state index is 10.9. The molecular formula is C9H12O3. The number of rotatable bonds is 1. The Hall–Kier alpha value is -0.570. The molecule has 3 heteroatoms. The molecule has 2 saturated carbocycles. The second kappa shape index (κ2) is 1.84. The summed E-state index contributed by atoms with van der Waals surface area (Å²) in [6, 6.07) is 0. The Balaban J connectivity index is 1.93. The maximum atomic E-state index is 10.9. The second-order valence-corrected chi connectivity index (χ2v) is 4.35. The quantitative estimate of drug-likeness (QED) is 0.587. The van der Waals surface area contributed by atoms with Gasteiger partial charge < -0.3 is 9.84 Å². The molecule has 6 unspecified atom stereocenters. The molecular weight excluding hydrogens is 156 g/mol. The fraction of sp³-hybridized carbons (Fsp3) is 0.889. The van der Waals surface area contributed by atoms with Gasteiger partial charge in [-0.25, -0.2) is 0 Å². The zero-order valence-electron chi connectivity index (χ0n) is 6.93. The number of epoxide rings is 1. The smallest absolute Gasteiger partial charge is 0.307 e. The summed E-state index contributed by atoms with van der Waals surface area (Å²) in [6.07, 6.45) is 1.83. The van der Waals surface area contributed by atoms with Gasteiger partial charge in [0.15, 0.2) is 0 Å². The van der Waals surface area contributed by atoms with Crippen molar-refractivity contribution in [3.05, 3.63) is 0 Å². The lowest BCUT2D eigenvalue weighted by Gasteiger charge is -2.21. The fourth-order valence-electron chi connectivity index (χ4n) is 3.34. The van der Waals surface area contributed by atoms with Crippen molar-refractivity contribution in [3.8, 4) is 0 Å². The van der Waals surface area contributed by atoms with Crippen LogP contribution in [0.5, 0.6) is 0 Å². The third kappa shape index (κ3) is 0.600. The Morgan fingerprint density at radius 1 is 1.42 bits per heavy atom. The van der Waals surface area contributed by atoms with Crippen LogP contribution in [0.15, 0.2) is 0 Å². The van der Waals surface area contributed by atoms with Crippen molar-refractivity contribution in [2.75, 3.05) is 0 Å². The van der Waals surface area contributed by atoms with Crippen LogP contribution in [0.2, 0.25) is 0 Å². The molecule has 3 rings (SSSR count). The van der Waals surface area contributed by atoms with Gasteiger partial charge in [0, 0.05) is 5.92 Å². The molecule has 12 heavy (non-hydrogen) atoms. The highest BCUT2D eigenvalue weighted by molar-refractivity contribution is 5.72. The monoisotopic (exact) mass is 168 g/mol. The minimum atomic E-state index is -0.621. The van der Waals surface area contributed by atoms with Gasteiger partial charge in [-0.3, -0.25) is 4.79 Å². The van der Waals surface area contributed by atoms with E-state index in [1.54, 1.807) is 0 Å². The minimum absolute atomic E-state index is 0.126. The van der Waals surface area contributed by atoms with Gasteiger partial charge >= 0.3 is 5.97 Å². The molecule has 0 spiro atoms. The highest BCUT2D eigenvalue weighted by Gasteiger charge is 2.67. The van der Waals surface area contributed by atoms with Gasteiger partial charge in [-0.1, -0.05) is 6.92 Å². The van der Waals surface area contributed by atoms with Crippen LogP contribution in [0, 0.1) is 23.7 Å². The summed E-state index contributed by atoms with van der Waals surface area (Å²) in [5, 5.41) is 8.99. The van der Waals surface area contributed by atoms with Gasteiger partial charge in [-0.05, 0) is 18.3 Å². The summed E-state index contributed by atoms with van der Waals surface area (Å²) < 4.78 is 5.43. The number of carbonyl (C=O) groups is 1. The number of fused-ring (bicyclic) bond motifs is 5. The molecule has 66 valence electrons. The van der Waals surface area contributed by atoms with E-state index in [4.69, 9.17) is 9.84 Å². The molecule has 3 fully saturated rings. The number of ether oxygens (including phenoxy) is 1. The zero-order chi connectivity index (χ0) is 8.46. The predicted molar refractivity (Wildman–Crippen MR) is 40.5 cm³/mol. The van der Waals surface area contributed by atoms with Gasteiger partial charge in [0.2, 0.25) is 0 Å². The lowest BCUT2D eigenvalue weighted by molar-refractivity contribution is -0.145. The molecule has 3 nitrogen and oxygen atoms in total. The lowest BCUT2D eigenvalue weighted by atomic mass is 9.81. The Labute approximate surface area is 70.7 Å². The highest BCUT2D eigenvalue weighted by atomic mass is 16.6. The van der Waals surface area contributed by atoms with E-state index in [0.717, 1.165) is 6.42 Å². The summed E-state index contributed by atoms with van der Waals surface area (Å²) in [5.41, 5.74) is 0. The summed E-state index contributed by atoms with van der Waals surface area (Å²) >= 11 is 0. The van der Waals surface area contributed by atoms with Crippen molar-refractivity contribution in [3.63, 3.8) is 0 Å². The van der Waals surface area contributed by atoms with Gasteiger partial charge in [-0.15, -0.1) is 0 Å². The molecule has 0 radical (unpaired) electrons. The van der Waals surface area contributed by atoms with Crippen molar-refractivity contribution in [2.24, 2.45) is 23.7 Å². The third-order valence-corrected chi connectivity index (χ3v) is 3.94. The van der Waals surface area contributed by atoms with Crippen LogP contribution in [-0.4, -0.2) is 23.3 Å². The van der Waals surface area contributed by atoms with Gasteiger partial charge in [-0.2, -0.15) is 0 Å². The molecule has 2 bridgehead atoms. The first-order valence-corrected chi connectivity index (χ1v) is 4.58. The molecule has 3 aliphatic rings. The Morgan fingerprint density at radius 3 is 2.67 bits per heavy atom. The fourth-order valence-corrected chi connectivity index (χ4v) is 3.34. The number of carboxylic acids is 1. The topological polar surface area (TPSA) is 49.8 Å². The Bertz CT molecular complexity index is 250. The van der Waals surface area contributed by atoms with Crippen molar-refractivity contribution < 1.29 is 14.6 Å². The van der Waals surface area contributed by atoms with Crippen molar-refractivity contribution in [2.45, 2.75) is 25.6 Å². The lowest BCUT2D eigenvalue weighted by Crippen LogP contribution is -2.31. The van der Waals surface area contributed by atoms with E-state index < -0.39 is 5.97 Å². The normalized spacial score (nSPS) is 60.1. The molecule has 6 atom stereocenters. The maximum Gasteiger partial charge on any atom is 0.307 e. The van der Waals surface area contributed by atoms with Crippen LogP contribution in [0.3, 0.4) is 0 Å². The highest BCUT2D eigenvalue weighted by Crippen LogP contribution is 2.61. The first kappa shape index (κ1) is 6.89. The SMILES string of the molecule is CC1C2CC(C3OC23)C1C(=O)O. The summed E-state index contributed by atoms with van der Waals surface area (Å²) in [5.74, 6) is 0.451. The summed E-state index contributed by atoms with van der Waals surface area (Å²) in [6.45, 7) is 2.06. The van der Waals surface area contributed by atoms with E-state index in [9.17, 15) is 4.79 Å². The third-order valence-electron chi connectivity index (χ3n) is 3.94. The van der Waals surface area contributed by atoms with Crippen molar-refractivity contribution in [1.29, 1.82) is 0 Å². The Morgan fingerprint density at radius 2 is 2.08 bits per heavy atom. The van der Waals surface area contributed by atoms with Crippen molar-refractivity contribution in [1.82, 2.24) is 0 Å². The molecule has 1 heterocycles. The molecule has 0 aromatic carbocycles. The molecule has 0 amide bonds. The van der Waals surface area contributed by atoms with Crippen LogP contribution in [0.4, 0.5) is 0 Å². The zero-order valence-corrected chi connectivity index (χ0v) is 6.93. The van der Waals surface area contributed by atoms with E-state index in [1.165, 1.54) is 0 Å². The van der Waals surface area contributed by atoms with E-state index in [1.807, 2.05) is 0 Å². The van der Waals surface area contributed by atoms with Crippen molar-refractivity contribution >= 4 is 5.97 Å². The van der Waals surface area contributed by atoms with E-state index in [-0.39, 0.29) is 5.92 Å². The molecule has 2 aliphatic carbocycles. The van der Waals surface area contributed by atoms with Crippen LogP contribution in [0.1, 0.15) is 13.3 Å².